The molecule has 0 aliphatic rings. The first-order valence-electron chi connectivity index (χ1n) is 9.84. The van der Waals surface area contributed by atoms with E-state index >= 15 is 0 Å². The van der Waals surface area contributed by atoms with E-state index in [9.17, 15) is 4.79 Å². The Balaban J connectivity index is 1.47. The number of carbonyl (C=O) groups is 1. The number of carbonyl (C=O) groups excluding carboxylic acids is 1. The Labute approximate surface area is 179 Å². The molecular formula is C23H23N3O5. The Kier molecular flexibility index (Phi) is 5.62. The summed E-state index contributed by atoms with van der Waals surface area (Å²) in [6, 6.07) is 12.8. The van der Waals surface area contributed by atoms with Crippen LogP contribution in [0.5, 0.6) is 5.75 Å². The first kappa shape index (κ1) is 20.5. The molecule has 0 aliphatic heterocycles. The van der Waals surface area contributed by atoms with Crippen LogP contribution in [0.1, 0.15) is 46.4 Å². The summed E-state index contributed by atoms with van der Waals surface area (Å²) >= 11 is 0. The van der Waals surface area contributed by atoms with E-state index in [1.165, 1.54) is 0 Å². The number of hydrogen-bond acceptors (Lipinski definition) is 7. The van der Waals surface area contributed by atoms with Gasteiger partial charge in [-0.1, -0.05) is 0 Å². The maximum Gasteiger partial charge on any atom is 0.340 e. The Morgan fingerprint density at radius 2 is 1.94 bits per heavy atom. The molecule has 8 nitrogen and oxygen atoms in total. The van der Waals surface area contributed by atoms with Crippen molar-refractivity contribution in [1.29, 1.82) is 0 Å². The summed E-state index contributed by atoms with van der Waals surface area (Å²) in [6.07, 6.45) is 0.936. The van der Waals surface area contributed by atoms with Crippen molar-refractivity contribution >= 4 is 5.97 Å². The van der Waals surface area contributed by atoms with Gasteiger partial charge in [0.1, 0.15) is 11.5 Å². The van der Waals surface area contributed by atoms with Gasteiger partial charge in [-0.25, -0.2) is 4.79 Å². The Bertz CT molecular complexity index is 1170. The molecule has 0 amide bonds. The number of methoxy groups -OCH3 is 1. The number of aromatic nitrogens is 3. The second-order valence-corrected chi connectivity index (χ2v) is 7.17. The highest BCUT2D eigenvalue weighted by molar-refractivity contribution is 5.91. The summed E-state index contributed by atoms with van der Waals surface area (Å²) in [5.41, 5.74) is 2.98. The van der Waals surface area contributed by atoms with E-state index in [4.69, 9.17) is 18.3 Å². The van der Waals surface area contributed by atoms with Gasteiger partial charge in [-0.3, -0.25) is 0 Å². The summed E-state index contributed by atoms with van der Waals surface area (Å²) in [5, 5.41) is 8.09. The first-order valence-corrected chi connectivity index (χ1v) is 9.84. The summed E-state index contributed by atoms with van der Waals surface area (Å²) in [4.78, 5) is 12.8. The second-order valence-electron chi connectivity index (χ2n) is 7.17. The Morgan fingerprint density at radius 3 is 2.61 bits per heavy atom. The van der Waals surface area contributed by atoms with Crippen molar-refractivity contribution in [3.8, 4) is 17.2 Å². The van der Waals surface area contributed by atoms with Gasteiger partial charge in [0.05, 0.1) is 25.5 Å². The molecule has 160 valence electrons. The molecule has 3 heterocycles. The number of aryl methyl sites for hydroxylation is 1. The van der Waals surface area contributed by atoms with E-state index in [2.05, 4.69) is 10.2 Å². The monoisotopic (exact) mass is 421 g/mol. The molecule has 4 aromatic rings. The van der Waals surface area contributed by atoms with E-state index in [-0.39, 0.29) is 5.89 Å². The highest BCUT2D eigenvalue weighted by atomic mass is 16.6. The predicted octanol–water partition coefficient (Wildman–Crippen LogP) is 4.72. The molecule has 0 bridgehead atoms. The van der Waals surface area contributed by atoms with Crippen molar-refractivity contribution in [2.24, 2.45) is 0 Å². The minimum atomic E-state index is -0.694. The van der Waals surface area contributed by atoms with E-state index < -0.39 is 12.1 Å². The summed E-state index contributed by atoms with van der Waals surface area (Å²) in [5.74, 6) is 1.67. The maximum atomic E-state index is 12.8. The molecule has 0 fully saturated rings. The van der Waals surface area contributed by atoms with Crippen LogP contribution < -0.4 is 4.74 Å². The third-order valence-corrected chi connectivity index (χ3v) is 5.10. The van der Waals surface area contributed by atoms with Gasteiger partial charge in [-0.15, -0.1) is 10.2 Å². The number of benzene rings is 1. The van der Waals surface area contributed by atoms with Crippen LogP contribution in [0.2, 0.25) is 0 Å². The minimum absolute atomic E-state index is 0.226. The van der Waals surface area contributed by atoms with E-state index in [1.807, 2.05) is 48.7 Å². The van der Waals surface area contributed by atoms with Crippen LogP contribution >= 0.6 is 0 Å². The van der Waals surface area contributed by atoms with Gasteiger partial charge in [-0.05, 0) is 63.2 Å². The normalized spacial score (nSPS) is 12.0. The molecule has 3 aromatic heterocycles. The molecule has 0 saturated carbocycles. The fraction of sp³-hybridized carbons (Fsp3) is 0.261. The fourth-order valence-corrected chi connectivity index (χ4v) is 3.33. The van der Waals surface area contributed by atoms with Crippen molar-refractivity contribution in [2.75, 3.05) is 7.11 Å². The first-order chi connectivity index (χ1) is 15.0. The van der Waals surface area contributed by atoms with Crippen LogP contribution in [0.15, 0.2) is 57.6 Å². The van der Waals surface area contributed by atoms with Gasteiger partial charge in [-0.2, -0.15) is 0 Å². The summed E-state index contributed by atoms with van der Waals surface area (Å²) < 4.78 is 23.9. The largest absolute Gasteiger partial charge is 0.497 e. The van der Waals surface area contributed by atoms with Crippen molar-refractivity contribution in [2.45, 2.75) is 33.4 Å². The van der Waals surface area contributed by atoms with Gasteiger partial charge >= 0.3 is 5.97 Å². The summed E-state index contributed by atoms with van der Waals surface area (Å²) in [6.45, 7) is 6.06. The third-order valence-electron chi connectivity index (χ3n) is 5.10. The number of nitrogens with zero attached hydrogens (tertiary/aromatic N) is 3. The lowest BCUT2D eigenvalue weighted by atomic mass is 10.2. The minimum Gasteiger partial charge on any atom is -0.497 e. The Morgan fingerprint density at radius 1 is 1.16 bits per heavy atom. The molecule has 0 N–H and O–H groups in total. The predicted molar refractivity (Wildman–Crippen MR) is 112 cm³/mol. The summed E-state index contributed by atoms with van der Waals surface area (Å²) in [7, 11) is 1.60. The molecule has 0 radical (unpaired) electrons. The molecule has 0 spiro atoms. The quantitative estimate of drug-likeness (QED) is 0.399. The zero-order valence-corrected chi connectivity index (χ0v) is 17.8. The van der Waals surface area contributed by atoms with Gasteiger partial charge in [0.25, 0.3) is 5.89 Å². The molecule has 4 rings (SSSR count). The molecule has 8 heteroatoms. The number of hydrogen-bond donors (Lipinski definition) is 0. The number of esters is 1. The third kappa shape index (κ3) is 4.23. The Hall–Kier alpha value is -3.81. The molecule has 0 saturated heterocycles. The molecule has 0 unspecified atom stereocenters. The van der Waals surface area contributed by atoms with Crippen LogP contribution in [0, 0.1) is 13.8 Å². The van der Waals surface area contributed by atoms with Crippen LogP contribution in [-0.4, -0.2) is 27.8 Å². The number of ether oxygens (including phenoxy) is 2. The molecule has 1 atom stereocenters. The SMILES string of the molecule is COc1ccc(-c2nnc([C@H](C)OC(=O)c3cc(C)n(Cc4ccco4)c3C)o2)cc1. The van der Waals surface area contributed by atoms with Gasteiger partial charge in [0.15, 0.2) is 6.10 Å². The fourth-order valence-electron chi connectivity index (χ4n) is 3.33. The van der Waals surface area contributed by atoms with Crippen LogP contribution in [-0.2, 0) is 11.3 Å². The average molecular weight is 421 g/mol. The van der Waals surface area contributed by atoms with Crippen LogP contribution in [0.3, 0.4) is 0 Å². The van der Waals surface area contributed by atoms with Crippen LogP contribution in [0.25, 0.3) is 11.5 Å². The van der Waals surface area contributed by atoms with Crippen molar-refractivity contribution in [3.63, 3.8) is 0 Å². The maximum absolute atomic E-state index is 12.8. The molecule has 31 heavy (non-hydrogen) atoms. The van der Waals surface area contributed by atoms with E-state index in [0.717, 1.165) is 28.5 Å². The average Bonchev–Trinajstić information content (AvgIpc) is 3.52. The lowest BCUT2D eigenvalue weighted by Crippen LogP contribution is -2.11. The molecule has 0 aliphatic carbocycles. The standard InChI is InChI=1S/C23H23N3O5/c1-14-12-20(15(2)26(14)13-19-6-5-11-29-19)23(27)30-16(3)21-24-25-22(31-21)17-7-9-18(28-4)10-8-17/h5-12,16H,13H2,1-4H3/t16-/m0/s1. The lowest BCUT2D eigenvalue weighted by molar-refractivity contribution is 0.0279. The topological polar surface area (TPSA) is 92.5 Å². The van der Waals surface area contributed by atoms with E-state index in [1.54, 1.807) is 32.4 Å². The zero-order chi connectivity index (χ0) is 22.0. The zero-order valence-electron chi connectivity index (χ0n) is 17.8. The molecular weight excluding hydrogens is 398 g/mol. The van der Waals surface area contributed by atoms with Gasteiger partial charge in [0, 0.05) is 17.0 Å². The number of rotatable bonds is 7. The van der Waals surface area contributed by atoms with Gasteiger partial charge < -0.3 is 22.9 Å². The van der Waals surface area contributed by atoms with Gasteiger partial charge in [0.2, 0.25) is 5.89 Å². The smallest absolute Gasteiger partial charge is 0.340 e. The highest BCUT2D eigenvalue weighted by Crippen LogP contribution is 2.26. The number of furan rings is 1. The van der Waals surface area contributed by atoms with E-state index in [0.29, 0.717) is 18.0 Å². The van der Waals surface area contributed by atoms with Crippen molar-refractivity contribution in [3.05, 3.63) is 77.3 Å². The van der Waals surface area contributed by atoms with Crippen molar-refractivity contribution in [1.82, 2.24) is 14.8 Å². The van der Waals surface area contributed by atoms with Crippen molar-refractivity contribution < 1.29 is 23.1 Å². The highest BCUT2D eigenvalue weighted by Gasteiger charge is 2.23. The second kappa shape index (κ2) is 8.51. The lowest BCUT2D eigenvalue weighted by Gasteiger charge is -2.10. The van der Waals surface area contributed by atoms with Crippen LogP contribution in [0.4, 0.5) is 0 Å². The molecule has 1 aromatic carbocycles.